The minimum Gasteiger partial charge on any atom is -0.365 e. The van der Waals surface area contributed by atoms with Gasteiger partial charge in [0, 0.05) is 18.4 Å². The number of benzene rings is 1. The molecule has 0 fully saturated rings. The van der Waals surface area contributed by atoms with E-state index in [1.54, 1.807) is 18.3 Å². The SMILES string of the molecule is NCCCN(c1ccccc1)c1ncccc1C(N)=O. The monoisotopic (exact) mass is 270 g/mol. The zero-order valence-electron chi connectivity index (χ0n) is 11.2. The van der Waals surface area contributed by atoms with Crippen LogP contribution in [0.2, 0.25) is 0 Å². The van der Waals surface area contributed by atoms with Gasteiger partial charge in [0.25, 0.3) is 5.91 Å². The molecule has 0 bridgehead atoms. The van der Waals surface area contributed by atoms with Gasteiger partial charge in [-0.2, -0.15) is 0 Å². The molecule has 0 saturated heterocycles. The molecule has 1 heterocycles. The average molecular weight is 270 g/mol. The molecule has 0 unspecified atom stereocenters. The summed E-state index contributed by atoms with van der Waals surface area (Å²) >= 11 is 0. The Morgan fingerprint density at radius 2 is 1.90 bits per heavy atom. The maximum absolute atomic E-state index is 11.6. The van der Waals surface area contributed by atoms with E-state index in [2.05, 4.69) is 4.98 Å². The summed E-state index contributed by atoms with van der Waals surface area (Å²) in [4.78, 5) is 17.8. The van der Waals surface area contributed by atoms with Gasteiger partial charge in [-0.3, -0.25) is 4.79 Å². The van der Waals surface area contributed by atoms with Crippen LogP contribution in [0.25, 0.3) is 0 Å². The van der Waals surface area contributed by atoms with Crippen molar-refractivity contribution in [2.24, 2.45) is 11.5 Å². The number of carbonyl (C=O) groups excluding carboxylic acids is 1. The molecule has 2 aromatic rings. The molecule has 0 saturated carbocycles. The Kier molecular flexibility index (Phi) is 4.68. The second-order valence-electron chi connectivity index (χ2n) is 4.37. The smallest absolute Gasteiger partial charge is 0.252 e. The van der Waals surface area contributed by atoms with Crippen LogP contribution in [0.3, 0.4) is 0 Å². The first kappa shape index (κ1) is 14.0. The molecule has 2 rings (SSSR count). The number of hydrogen-bond acceptors (Lipinski definition) is 4. The molecule has 0 spiro atoms. The number of amides is 1. The Morgan fingerprint density at radius 3 is 2.55 bits per heavy atom. The Balaban J connectivity index is 2.44. The van der Waals surface area contributed by atoms with E-state index < -0.39 is 5.91 Å². The van der Waals surface area contributed by atoms with Crippen LogP contribution in [0.15, 0.2) is 48.7 Å². The van der Waals surface area contributed by atoms with E-state index in [1.165, 1.54) is 0 Å². The van der Waals surface area contributed by atoms with Crippen molar-refractivity contribution in [1.29, 1.82) is 0 Å². The molecule has 5 heteroatoms. The molecule has 5 nitrogen and oxygen atoms in total. The van der Waals surface area contributed by atoms with Gasteiger partial charge in [0.15, 0.2) is 0 Å². The fourth-order valence-electron chi connectivity index (χ4n) is 2.02. The third-order valence-corrected chi connectivity index (χ3v) is 2.96. The van der Waals surface area contributed by atoms with Crippen LogP contribution < -0.4 is 16.4 Å². The predicted molar refractivity (Wildman–Crippen MR) is 79.9 cm³/mol. The lowest BCUT2D eigenvalue weighted by Crippen LogP contribution is -2.25. The number of para-hydroxylation sites is 1. The topological polar surface area (TPSA) is 85.2 Å². The van der Waals surface area contributed by atoms with Gasteiger partial charge in [0.05, 0.1) is 5.56 Å². The number of pyridine rings is 1. The van der Waals surface area contributed by atoms with Crippen LogP contribution in [-0.2, 0) is 0 Å². The highest BCUT2D eigenvalue weighted by Gasteiger charge is 2.16. The molecule has 20 heavy (non-hydrogen) atoms. The number of primary amides is 1. The number of nitrogens with two attached hydrogens (primary N) is 2. The van der Waals surface area contributed by atoms with Gasteiger partial charge in [-0.15, -0.1) is 0 Å². The van der Waals surface area contributed by atoms with Crippen LogP contribution in [0.4, 0.5) is 11.5 Å². The Morgan fingerprint density at radius 1 is 1.15 bits per heavy atom. The average Bonchev–Trinajstić information content (AvgIpc) is 2.49. The van der Waals surface area contributed by atoms with Crippen molar-refractivity contribution in [2.75, 3.05) is 18.0 Å². The number of rotatable bonds is 6. The highest BCUT2D eigenvalue weighted by Crippen LogP contribution is 2.26. The third-order valence-electron chi connectivity index (χ3n) is 2.96. The first-order chi connectivity index (χ1) is 9.74. The minimum absolute atomic E-state index is 0.411. The van der Waals surface area contributed by atoms with Gasteiger partial charge in [0.1, 0.15) is 5.82 Å². The summed E-state index contributed by atoms with van der Waals surface area (Å²) in [6, 6.07) is 13.2. The number of anilines is 2. The van der Waals surface area contributed by atoms with Gasteiger partial charge in [0.2, 0.25) is 0 Å². The summed E-state index contributed by atoms with van der Waals surface area (Å²) in [5.41, 5.74) is 12.4. The molecule has 0 radical (unpaired) electrons. The quantitative estimate of drug-likeness (QED) is 0.836. The second-order valence-corrected chi connectivity index (χ2v) is 4.37. The summed E-state index contributed by atoms with van der Waals surface area (Å²) in [5, 5.41) is 0. The summed E-state index contributed by atoms with van der Waals surface area (Å²) in [7, 11) is 0. The van der Waals surface area contributed by atoms with Crippen molar-refractivity contribution in [3.8, 4) is 0 Å². The van der Waals surface area contributed by atoms with Crippen molar-refractivity contribution >= 4 is 17.4 Å². The van der Waals surface area contributed by atoms with Crippen molar-refractivity contribution in [1.82, 2.24) is 4.98 Å². The van der Waals surface area contributed by atoms with Crippen LogP contribution in [-0.4, -0.2) is 24.0 Å². The van der Waals surface area contributed by atoms with Crippen molar-refractivity contribution in [2.45, 2.75) is 6.42 Å². The van der Waals surface area contributed by atoms with E-state index in [4.69, 9.17) is 11.5 Å². The molecule has 4 N–H and O–H groups in total. The van der Waals surface area contributed by atoms with Crippen molar-refractivity contribution in [3.63, 3.8) is 0 Å². The molecule has 1 aromatic carbocycles. The number of hydrogen-bond donors (Lipinski definition) is 2. The fraction of sp³-hybridized carbons (Fsp3) is 0.200. The van der Waals surface area contributed by atoms with Crippen LogP contribution in [0, 0.1) is 0 Å². The van der Waals surface area contributed by atoms with E-state index >= 15 is 0 Å². The molecule has 0 aliphatic rings. The minimum atomic E-state index is -0.484. The van der Waals surface area contributed by atoms with E-state index in [1.807, 2.05) is 35.2 Å². The van der Waals surface area contributed by atoms with Gasteiger partial charge in [-0.1, -0.05) is 18.2 Å². The van der Waals surface area contributed by atoms with Gasteiger partial charge < -0.3 is 16.4 Å². The predicted octanol–water partition coefficient (Wildman–Crippen LogP) is 1.67. The highest BCUT2D eigenvalue weighted by atomic mass is 16.1. The van der Waals surface area contributed by atoms with Crippen molar-refractivity contribution < 1.29 is 4.79 Å². The van der Waals surface area contributed by atoms with E-state index in [-0.39, 0.29) is 0 Å². The zero-order valence-corrected chi connectivity index (χ0v) is 11.2. The van der Waals surface area contributed by atoms with Crippen LogP contribution >= 0.6 is 0 Å². The van der Waals surface area contributed by atoms with E-state index in [9.17, 15) is 4.79 Å². The van der Waals surface area contributed by atoms with Crippen molar-refractivity contribution in [3.05, 3.63) is 54.2 Å². The number of nitrogens with zero attached hydrogens (tertiary/aromatic N) is 2. The first-order valence-corrected chi connectivity index (χ1v) is 6.51. The normalized spacial score (nSPS) is 10.2. The molecular weight excluding hydrogens is 252 g/mol. The maximum atomic E-state index is 11.6. The summed E-state index contributed by atoms with van der Waals surface area (Å²) in [6.07, 6.45) is 2.45. The second kappa shape index (κ2) is 6.68. The lowest BCUT2D eigenvalue weighted by molar-refractivity contribution is 0.100. The summed E-state index contributed by atoms with van der Waals surface area (Å²) in [6.45, 7) is 1.25. The molecule has 104 valence electrons. The first-order valence-electron chi connectivity index (χ1n) is 6.51. The van der Waals surface area contributed by atoms with Gasteiger partial charge >= 0.3 is 0 Å². The van der Waals surface area contributed by atoms with Gasteiger partial charge in [-0.05, 0) is 37.2 Å². The lowest BCUT2D eigenvalue weighted by Gasteiger charge is -2.25. The largest absolute Gasteiger partial charge is 0.365 e. The van der Waals surface area contributed by atoms with Crippen LogP contribution in [0.1, 0.15) is 16.8 Å². The number of carbonyl (C=O) groups is 1. The Labute approximate surface area is 118 Å². The molecule has 0 aliphatic heterocycles. The summed E-state index contributed by atoms with van der Waals surface area (Å²) < 4.78 is 0. The van der Waals surface area contributed by atoms with E-state index in [0.717, 1.165) is 12.1 Å². The molecule has 0 aliphatic carbocycles. The van der Waals surface area contributed by atoms with Gasteiger partial charge in [-0.25, -0.2) is 4.98 Å². The zero-order chi connectivity index (χ0) is 14.4. The maximum Gasteiger partial charge on any atom is 0.252 e. The fourth-order valence-corrected chi connectivity index (χ4v) is 2.02. The lowest BCUT2D eigenvalue weighted by atomic mass is 10.2. The van der Waals surface area contributed by atoms with Crippen LogP contribution in [0.5, 0.6) is 0 Å². The molecular formula is C15H18N4O. The Hall–Kier alpha value is -2.40. The Bertz CT molecular complexity index is 571. The highest BCUT2D eigenvalue weighted by molar-refractivity contribution is 5.98. The van der Waals surface area contributed by atoms with E-state index in [0.29, 0.717) is 24.5 Å². The third kappa shape index (κ3) is 3.13. The molecule has 0 atom stereocenters. The molecule has 1 amide bonds. The summed E-state index contributed by atoms with van der Waals surface area (Å²) in [5.74, 6) is 0.0847. The molecule has 1 aromatic heterocycles. The standard InChI is InChI=1S/C15H18N4O/c16-9-5-11-19(12-6-2-1-3-7-12)15-13(14(17)20)8-4-10-18-15/h1-4,6-8,10H,5,9,11,16H2,(H2,17,20). The number of aromatic nitrogens is 1.